The van der Waals surface area contributed by atoms with E-state index in [1.54, 1.807) is 11.3 Å². The van der Waals surface area contributed by atoms with Crippen LogP contribution in [0, 0.1) is 6.92 Å². The number of aryl methyl sites for hydroxylation is 1. The van der Waals surface area contributed by atoms with Gasteiger partial charge in [-0.1, -0.05) is 0 Å². The summed E-state index contributed by atoms with van der Waals surface area (Å²) in [6.45, 7) is 12.5. The predicted octanol–water partition coefficient (Wildman–Crippen LogP) is 1.57. The molecule has 0 amide bonds. The lowest BCUT2D eigenvalue weighted by Gasteiger charge is -2.31. The van der Waals surface area contributed by atoms with E-state index in [9.17, 15) is 0 Å². The van der Waals surface area contributed by atoms with E-state index in [2.05, 4.69) is 46.4 Å². The number of hydrogen-bond donors (Lipinski definition) is 1. The van der Waals surface area contributed by atoms with E-state index in [0.717, 1.165) is 62.6 Å². The van der Waals surface area contributed by atoms with Crippen molar-refractivity contribution in [2.24, 2.45) is 4.99 Å². The van der Waals surface area contributed by atoms with Crippen molar-refractivity contribution in [3.05, 3.63) is 16.1 Å². The quantitative estimate of drug-likeness (QED) is 0.630. The van der Waals surface area contributed by atoms with Crippen LogP contribution in [-0.2, 0) is 11.3 Å². The maximum atomic E-state index is 5.42. The van der Waals surface area contributed by atoms with E-state index < -0.39 is 0 Å². The summed E-state index contributed by atoms with van der Waals surface area (Å²) >= 11 is 1.69. The van der Waals surface area contributed by atoms with Crippen LogP contribution in [0.1, 0.15) is 24.5 Å². The number of hydrogen-bond acceptors (Lipinski definition) is 5. The van der Waals surface area contributed by atoms with E-state index in [-0.39, 0.29) is 0 Å². The molecular weight excluding hydrogens is 310 g/mol. The molecule has 1 aliphatic heterocycles. The number of thiazole rings is 1. The number of nitrogens with one attached hydrogen (secondary N) is 1. The number of aliphatic imine (C=N–C) groups is 1. The van der Waals surface area contributed by atoms with Gasteiger partial charge in [-0.2, -0.15) is 0 Å². The number of nitrogens with zero attached hydrogens (tertiary/aromatic N) is 4. The van der Waals surface area contributed by atoms with Gasteiger partial charge in [-0.15, -0.1) is 11.3 Å². The molecule has 1 aromatic rings. The fourth-order valence-corrected chi connectivity index (χ4v) is 3.22. The highest BCUT2D eigenvalue weighted by molar-refractivity contribution is 7.09. The van der Waals surface area contributed by atoms with Crippen molar-refractivity contribution in [1.82, 2.24) is 20.1 Å². The molecule has 0 radical (unpaired) electrons. The maximum absolute atomic E-state index is 5.42. The Kier molecular flexibility index (Phi) is 7.26. The monoisotopic (exact) mass is 339 g/mol. The first kappa shape index (κ1) is 18.2. The molecule has 0 spiro atoms. The van der Waals surface area contributed by atoms with Gasteiger partial charge in [0.2, 0.25) is 0 Å². The molecule has 6 nitrogen and oxygen atoms in total. The molecule has 1 fully saturated rings. The lowest BCUT2D eigenvalue weighted by molar-refractivity contribution is 0.0220. The van der Waals surface area contributed by atoms with Crippen LogP contribution >= 0.6 is 11.3 Å². The maximum Gasteiger partial charge on any atom is 0.194 e. The number of aromatic nitrogens is 1. The number of ether oxygens (including phenoxy) is 1. The average Bonchev–Trinajstić information content (AvgIpc) is 2.96. The minimum Gasteiger partial charge on any atom is -0.379 e. The fraction of sp³-hybridized carbons (Fsp3) is 0.750. The van der Waals surface area contributed by atoms with Crippen LogP contribution in [-0.4, -0.2) is 73.2 Å². The minimum absolute atomic E-state index is 0.433. The van der Waals surface area contributed by atoms with Crippen LogP contribution < -0.4 is 5.32 Å². The molecular formula is C16H29N5OS. The smallest absolute Gasteiger partial charge is 0.194 e. The second-order valence-electron chi connectivity index (χ2n) is 5.91. The Hall–Kier alpha value is -1.18. The van der Waals surface area contributed by atoms with Gasteiger partial charge in [-0.3, -0.25) is 9.89 Å². The second-order valence-corrected chi connectivity index (χ2v) is 6.97. The van der Waals surface area contributed by atoms with E-state index in [0.29, 0.717) is 6.04 Å². The third-order valence-electron chi connectivity index (χ3n) is 3.94. The van der Waals surface area contributed by atoms with E-state index in [4.69, 9.17) is 9.73 Å². The highest BCUT2D eigenvalue weighted by atomic mass is 32.1. The zero-order valence-corrected chi connectivity index (χ0v) is 15.5. The first-order valence-corrected chi connectivity index (χ1v) is 9.20. The van der Waals surface area contributed by atoms with E-state index in [1.807, 2.05) is 6.92 Å². The van der Waals surface area contributed by atoms with Gasteiger partial charge in [-0.25, -0.2) is 4.98 Å². The molecule has 2 heterocycles. The fourth-order valence-electron chi connectivity index (χ4n) is 2.62. The lowest BCUT2D eigenvalue weighted by atomic mass is 10.2. The topological polar surface area (TPSA) is 53.0 Å². The zero-order chi connectivity index (χ0) is 16.7. The van der Waals surface area contributed by atoms with Crippen molar-refractivity contribution in [1.29, 1.82) is 0 Å². The lowest BCUT2D eigenvalue weighted by Crippen LogP contribution is -2.44. The molecule has 0 aliphatic carbocycles. The van der Waals surface area contributed by atoms with Crippen molar-refractivity contribution in [2.75, 3.05) is 46.4 Å². The Morgan fingerprint density at radius 2 is 2.26 bits per heavy atom. The summed E-state index contributed by atoms with van der Waals surface area (Å²) in [5.41, 5.74) is 1.10. The molecule has 1 aliphatic rings. The van der Waals surface area contributed by atoms with Crippen molar-refractivity contribution in [2.45, 2.75) is 33.4 Å². The van der Waals surface area contributed by atoms with Crippen LogP contribution in [0.3, 0.4) is 0 Å². The molecule has 1 aromatic heterocycles. The Morgan fingerprint density at radius 3 is 2.87 bits per heavy atom. The molecule has 1 saturated heterocycles. The first-order valence-electron chi connectivity index (χ1n) is 8.32. The van der Waals surface area contributed by atoms with Crippen LogP contribution in [0.4, 0.5) is 0 Å². The summed E-state index contributed by atoms with van der Waals surface area (Å²) in [4.78, 5) is 13.9. The molecule has 0 aromatic carbocycles. The van der Waals surface area contributed by atoms with Gasteiger partial charge in [0.05, 0.1) is 37.0 Å². The van der Waals surface area contributed by atoms with Gasteiger partial charge in [0.15, 0.2) is 5.96 Å². The molecule has 1 N–H and O–H groups in total. The van der Waals surface area contributed by atoms with Gasteiger partial charge in [0.1, 0.15) is 0 Å². The van der Waals surface area contributed by atoms with Crippen LogP contribution in [0.5, 0.6) is 0 Å². The van der Waals surface area contributed by atoms with E-state index in [1.165, 1.54) is 0 Å². The highest BCUT2D eigenvalue weighted by Gasteiger charge is 2.17. The Bertz CT molecular complexity index is 498. The number of guanidine groups is 1. The van der Waals surface area contributed by atoms with Crippen molar-refractivity contribution in [3.8, 4) is 0 Å². The largest absolute Gasteiger partial charge is 0.379 e. The third kappa shape index (κ3) is 5.75. The van der Waals surface area contributed by atoms with Gasteiger partial charge in [0, 0.05) is 38.1 Å². The minimum atomic E-state index is 0.433. The Morgan fingerprint density at radius 1 is 1.52 bits per heavy atom. The molecule has 130 valence electrons. The molecule has 23 heavy (non-hydrogen) atoms. The van der Waals surface area contributed by atoms with Crippen LogP contribution in [0.2, 0.25) is 0 Å². The highest BCUT2D eigenvalue weighted by Crippen LogP contribution is 2.10. The van der Waals surface area contributed by atoms with Gasteiger partial charge in [0.25, 0.3) is 0 Å². The Balaban J connectivity index is 1.92. The summed E-state index contributed by atoms with van der Waals surface area (Å²) in [5, 5.41) is 6.60. The first-order chi connectivity index (χ1) is 11.1. The molecule has 0 saturated carbocycles. The van der Waals surface area contributed by atoms with Crippen molar-refractivity contribution >= 4 is 17.3 Å². The van der Waals surface area contributed by atoms with E-state index >= 15 is 0 Å². The summed E-state index contributed by atoms with van der Waals surface area (Å²) in [5.74, 6) is 0.943. The second kappa shape index (κ2) is 9.20. The number of morpholine rings is 1. The van der Waals surface area contributed by atoms with Crippen LogP contribution in [0.15, 0.2) is 10.4 Å². The summed E-state index contributed by atoms with van der Waals surface area (Å²) in [7, 11) is 2.07. The SMILES string of the molecule is CCNC(=NCC(C)N1CCOCC1)N(C)Cc1csc(C)n1. The molecule has 7 heteroatoms. The molecule has 1 unspecified atom stereocenters. The summed E-state index contributed by atoms with van der Waals surface area (Å²) in [6.07, 6.45) is 0. The standard InChI is InChI=1S/C16H29N5OS/c1-5-17-16(20(4)11-15-12-23-14(3)19-15)18-10-13(2)21-6-8-22-9-7-21/h12-13H,5-11H2,1-4H3,(H,17,18). The average molecular weight is 340 g/mol. The third-order valence-corrected chi connectivity index (χ3v) is 4.76. The zero-order valence-electron chi connectivity index (χ0n) is 14.7. The normalized spacial score (nSPS) is 18.0. The van der Waals surface area contributed by atoms with Gasteiger partial charge >= 0.3 is 0 Å². The van der Waals surface area contributed by atoms with Crippen molar-refractivity contribution < 1.29 is 4.74 Å². The van der Waals surface area contributed by atoms with Crippen molar-refractivity contribution in [3.63, 3.8) is 0 Å². The van der Waals surface area contributed by atoms with Gasteiger partial charge in [-0.05, 0) is 20.8 Å². The molecule has 1 atom stereocenters. The molecule has 2 rings (SSSR count). The number of rotatable bonds is 6. The molecule has 0 bridgehead atoms. The van der Waals surface area contributed by atoms with Gasteiger partial charge < -0.3 is 15.0 Å². The Labute approximate surface area is 143 Å². The van der Waals surface area contributed by atoms with Crippen LogP contribution in [0.25, 0.3) is 0 Å². The summed E-state index contributed by atoms with van der Waals surface area (Å²) in [6, 6.07) is 0.433. The summed E-state index contributed by atoms with van der Waals surface area (Å²) < 4.78 is 5.42. The predicted molar refractivity (Wildman–Crippen MR) is 96.2 cm³/mol.